The molecule has 106 valence electrons. The van der Waals surface area contributed by atoms with Crippen LogP contribution in [0.25, 0.3) is 0 Å². The molecule has 4 nitrogen and oxygen atoms in total. The summed E-state index contributed by atoms with van der Waals surface area (Å²) in [6.45, 7) is 1.14. The van der Waals surface area contributed by atoms with Gasteiger partial charge in [-0.3, -0.25) is 4.79 Å². The van der Waals surface area contributed by atoms with Gasteiger partial charge in [0.2, 0.25) is 5.91 Å². The number of ether oxygens (including phenoxy) is 1. The van der Waals surface area contributed by atoms with Crippen molar-refractivity contribution < 1.29 is 13.9 Å². The van der Waals surface area contributed by atoms with Gasteiger partial charge in [0, 0.05) is 25.3 Å². The molecule has 0 atom stereocenters. The van der Waals surface area contributed by atoms with Crippen LogP contribution >= 0.6 is 12.4 Å². The van der Waals surface area contributed by atoms with Crippen molar-refractivity contribution >= 4 is 18.3 Å². The second-order valence-corrected chi connectivity index (χ2v) is 4.54. The number of amides is 1. The zero-order valence-corrected chi connectivity index (χ0v) is 11.3. The lowest BCUT2D eigenvalue weighted by atomic mass is 9.90. The average molecular weight is 289 g/mol. The van der Waals surface area contributed by atoms with Crippen LogP contribution in [0.4, 0.5) is 4.39 Å². The lowest BCUT2D eigenvalue weighted by Gasteiger charge is -2.31. The van der Waals surface area contributed by atoms with Gasteiger partial charge < -0.3 is 15.8 Å². The highest BCUT2D eigenvalue weighted by atomic mass is 35.5. The first kappa shape index (κ1) is 15.9. The van der Waals surface area contributed by atoms with E-state index in [0.29, 0.717) is 31.6 Å². The molecule has 1 aliphatic rings. The Kier molecular flexibility index (Phi) is 5.72. The van der Waals surface area contributed by atoms with Gasteiger partial charge in [-0.15, -0.1) is 12.4 Å². The summed E-state index contributed by atoms with van der Waals surface area (Å²) in [6.07, 6.45) is 0.992. The van der Waals surface area contributed by atoms with Gasteiger partial charge in [-0.2, -0.15) is 0 Å². The van der Waals surface area contributed by atoms with Crippen LogP contribution in [0.3, 0.4) is 0 Å². The van der Waals surface area contributed by atoms with Crippen LogP contribution in [0.1, 0.15) is 18.4 Å². The third-order valence-corrected chi connectivity index (χ3v) is 3.23. The van der Waals surface area contributed by atoms with E-state index in [0.717, 1.165) is 0 Å². The molecular formula is C13H18ClFN2O2. The number of halogens is 2. The lowest BCUT2D eigenvalue weighted by Crippen LogP contribution is -2.56. The Morgan fingerprint density at radius 3 is 2.63 bits per heavy atom. The van der Waals surface area contributed by atoms with Crippen molar-refractivity contribution in [2.75, 3.05) is 13.2 Å². The summed E-state index contributed by atoms with van der Waals surface area (Å²) in [5.41, 5.74) is 5.59. The molecule has 0 aliphatic carbocycles. The Labute approximate surface area is 117 Å². The minimum atomic E-state index is -0.885. The Morgan fingerprint density at radius 1 is 1.37 bits per heavy atom. The molecule has 0 saturated carbocycles. The molecule has 0 aromatic heterocycles. The summed E-state index contributed by atoms with van der Waals surface area (Å²) in [7, 11) is 0. The van der Waals surface area contributed by atoms with Crippen molar-refractivity contribution in [3.05, 3.63) is 35.6 Å². The molecule has 3 N–H and O–H groups in total. The highest BCUT2D eigenvalue weighted by molar-refractivity contribution is 5.86. The van der Waals surface area contributed by atoms with Crippen LogP contribution in [0.2, 0.25) is 0 Å². The van der Waals surface area contributed by atoms with Crippen LogP contribution in [0.15, 0.2) is 24.3 Å². The maximum atomic E-state index is 13.4. The molecule has 1 fully saturated rings. The molecule has 0 spiro atoms. The maximum Gasteiger partial charge on any atom is 0.240 e. The number of hydrogen-bond acceptors (Lipinski definition) is 3. The van der Waals surface area contributed by atoms with E-state index in [4.69, 9.17) is 10.5 Å². The molecule has 0 unspecified atom stereocenters. The van der Waals surface area contributed by atoms with Crippen LogP contribution < -0.4 is 11.1 Å². The fraction of sp³-hybridized carbons (Fsp3) is 0.462. The minimum Gasteiger partial charge on any atom is -0.381 e. The number of carbonyl (C=O) groups is 1. The first-order valence-corrected chi connectivity index (χ1v) is 6.00. The fourth-order valence-corrected chi connectivity index (χ4v) is 1.96. The van der Waals surface area contributed by atoms with Crippen LogP contribution in [0.5, 0.6) is 0 Å². The van der Waals surface area contributed by atoms with E-state index in [9.17, 15) is 9.18 Å². The second kappa shape index (κ2) is 6.84. The van der Waals surface area contributed by atoms with Gasteiger partial charge in [0.15, 0.2) is 0 Å². The Bertz CT molecular complexity index is 436. The quantitative estimate of drug-likeness (QED) is 0.883. The number of nitrogens with two attached hydrogens (primary N) is 1. The average Bonchev–Trinajstić information content (AvgIpc) is 2.38. The first-order chi connectivity index (χ1) is 8.62. The van der Waals surface area contributed by atoms with Gasteiger partial charge in [0.25, 0.3) is 0 Å². The molecule has 1 saturated heterocycles. The third kappa shape index (κ3) is 3.89. The van der Waals surface area contributed by atoms with Gasteiger partial charge in [0.05, 0.1) is 5.54 Å². The van der Waals surface area contributed by atoms with E-state index in [-0.39, 0.29) is 30.7 Å². The van der Waals surface area contributed by atoms with Crippen molar-refractivity contribution in [3.8, 4) is 0 Å². The predicted molar refractivity (Wildman–Crippen MR) is 72.5 cm³/mol. The van der Waals surface area contributed by atoms with E-state index in [1.54, 1.807) is 18.2 Å². The molecule has 2 rings (SSSR count). The number of hydrogen-bond donors (Lipinski definition) is 2. The van der Waals surface area contributed by atoms with Crippen molar-refractivity contribution in [2.45, 2.75) is 24.9 Å². The summed E-state index contributed by atoms with van der Waals surface area (Å²) < 4.78 is 18.6. The van der Waals surface area contributed by atoms with Crippen LogP contribution in [-0.4, -0.2) is 24.7 Å². The normalized spacial score (nSPS) is 17.4. The predicted octanol–water partition coefficient (Wildman–Crippen LogP) is 1.37. The van der Waals surface area contributed by atoms with Gasteiger partial charge in [-0.25, -0.2) is 4.39 Å². The third-order valence-electron chi connectivity index (χ3n) is 3.23. The number of carbonyl (C=O) groups excluding carboxylic acids is 1. The monoisotopic (exact) mass is 288 g/mol. The summed E-state index contributed by atoms with van der Waals surface area (Å²) in [5, 5.41) is 2.69. The molecule has 1 amide bonds. The Morgan fingerprint density at radius 2 is 2.00 bits per heavy atom. The summed E-state index contributed by atoms with van der Waals surface area (Å²) in [6, 6.07) is 6.36. The Hall–Kier alpha value is -1.17. The number of nitrogens with one attached hydrogen (secondary N) is 1. The van der Waals surface area contributed by atoms with Crippen molar-refractivity contribution in [1.82, 2.24) is 5.32 Å². The molecule has 1 aliphatic heterocycles. The molecular weight excluding hydrogens is 271 g/mol. The van der Waals surface area contributed by atoms with E-state index in [1.165, 1.54) is 6.07 Å². The molecule has 1 aromatic carbocycles. The maximum absolute atomic E-state index is 13.4. The smallest absolute Gasteiger partial charge is 0.240 e. The van der Waals surface area contributed by atoms with Crippen molar-refractivity contribution in [1.29, 1.82) is 0 Å². The second-order valence-electron chi connectivity index (χ2n) is 4.54. The highest BCUT2D eigenvalue weighted by Gasteiger charge is 2.35. The van der Waals surface area contributed by atoms with Crippen molar-refractivity contribution in [2.24, 2.45) is 5.73 Å². The number of rotatable bonds is 3. The van der Waals surface area contributed by atoms with Gasteiger partial charge in [-0.1, -0.05) is 18.2 Å². The van der Waals surface area contributed by atoms with Gasteiger partial charge in [-0.05, 0) is 18.9 Å². The van der Waals surface area contributed by atoms with E-state index in [2.05, 4.69) is 5.32 Å². The van der Waals surface area contributed by atoms with E-state index >= 15 is 0 Å². The topological polar surface area (TPSA) is 64.4 Å². The van der Waals surface area contributed by atoms with E-state index < -0.39 is 5.54 Å². The lowest BCUT2D eigenvalue weighted by molar-refractivity contribution is -0.129. The number of benzene rings is 1. The molecule has 1 aromatic rings. The standard InChI is InChI=1S/C13H17FN2O2.ClH/c14-11-4-2-1-3-10(11)9-16-12(17)13(15)5-7-18-8-6-13;/h1-4H,5-9,15H2,(H,16,17);1H. The van der Waals surface area contributed by atoms with E-state index in [1.807, 2.05) is 0 Å². The molecule has 0 radical (unpaired) electrons. The summed E-state index contributed by atoms with van der Waals surface area (Å²) in [4.78, 5) is 12.0. The Balaban J connectivity index is 0.00000180. The van der Waals surface area contributed by atoms with Gasteiger partial charge >= 0.3 is 0 Å². The fourth-order valence-electron chi connectivity index (χ4n) is 1.96. The van der Waals surface area contributed by atoms with Crippen LogP contribution in [0, 0.1) is 5.82 Å². The van der Waals surface area contributed by atoms with Gasteiger partial charge in [0.1, 0.15) is 5.82 Å². The zero-order valence-electron chi connectivity index (χ0n) is 10.5. The molecule has 1 heterocycles. The SMILES string of the molecule is Cl.NC1(C(=O)NCc2ccccc2F)CCOCC1. The minimum absolute atomic E-state index is 0. The zero-order chi connectivity index (χ0) is 13.0. The summed E-state index contributed by atoms with van der Waals surface area (Å²) in [5.74, 6) is -0.565. The van der Waals surface area contributed by atoms with Crippen molar-refractivity contribution in [3.63, 3.8) is 0 Å². The molecule has 6 heteroatoms. The molecule has 0 bridgehead atoms. The van der Waals surface area contributed by atoms with Crippen LogP contribution in [-0.2, 0) is 16.1 Å². The first-order valence-electron chi connectivity index (χ1n) is 6.00. The largest absolute Gasteiger partial charge is 0.381 e. The summed E-state index contributed by atoms with van der Waals surface area (Å²) >= 11 is 0. The highest BCUT2D eigenvalue weighted by Crippen LogP contribution is 2.18. The molecule has 19 heavy (non-hydrogen) atoms.